The average molecular weight is 395 g/mol. The van der Waals surface area contributed by atoms with E-state index >= 15 is 0 Å². The highest BCUT2D eigenvalue weighted by molar-refractivity contribution is 6.74. The van der Waals surface area contributed by atoms with Gasteiger partial charge in [-0.15, -0.1) is 0 Å². The largest absolute Gasteiger partial charge is 0.457 e. The van der Waals surface area contributed by atoms with Crippen molar-refractivity contribution < 1.29 is 23.8 Å². The van der Waals surface area contributed by atoms with Crippen molar-refractivity contribution in [1.82, 2.24) is 0 Å². The third-order valence-electron chi connectivity index (χ3n) is 9.17. The molecule has 1 N–H and O–H groups in total. The van der Waals surface area contributed by atoms with Crippen LogP contribution < -0.4 is 0 Å². The lowest BCUT2D eigenvalue weighted by Crippen LogP contribution is -2.55. The normalized spacial score (nSPS) is 48.9. The Balaban J connectivity index is 1.95. The van der Waals surface area contributed by atoms with E-state index < -0.39 is 36.5 Å². The Hall–Kier alpha value is -0.693. The second kappa shape index (κ2) is 5.07. The van der Waals surface area contributed by atoms with Crippen molar-refractivity contribution in [3.05, 3.63) is 11.6 Å². The molecule has 1 unspecified atom stereocenters. The van der Waals surface area contributed by atoms with Crippen LogP contribution in [0.4, 0.5) is 0 Å². The minimum Gasteiger partial charge on any atom is -0.457 e. The maximum absolute atomic E-state index is 12.6. The molecule has 2 aliphatic heterocycles. The Morgan fingerprint density at radius 1 is 1.30 bits per heavy atom. The van der Waals surface area contributed by atoms with Crippen LogP contribution in [0.25, 0.3) is 0 Å². The SMILES string of the molecule is CC1=CC[C@@]23OC(=O)C[C@@]12[C@@H](O[Si](C)(C)C(C)(C)C)[C@@]1(C)C(O)OC[C@@]31C. The number of ether oxygens (including phenoxy) is 2. The van der Waals surface area contributed by atoms with Crippen LogP contribution in [0, 0.1) is 16.2 Å². The maximum Gasteiger partial charge on any atom is 0.307 e. The molecule has 0 aromatic carbocycles. The molecule has 2 saturated heterocycles. The van der Waals surface area contributed by atoms with Crippen molar-refractivity contribution in [2.45, 2.75) is 90.5 Å². The second-order valence-corrected chi connectivity index (χ2v) is 15.8. The minimum absolute atomic E-state index is 0.0196. The fourth-order valence-corrected chi connectivity index (χ4v) is 7.61. The van der Waals surface area contributed by atoms with Crippen LogP contribution in [0.1, 0.15) is 54.4 Å². The van der Waals surface area contributed by atoms with Gasteiger partial charge in [-0.3, -0.25) is 4.79 Å². The Morgan fingerprint density at radius 2 is 1.93 bits per heavy atom. The van der Waals surface area contributed by atoms with Gasteiger partial charge in [0.15, 0.2) is 14.6 Å². The Kier molecular flexibility index (Phi) is 3.68. The number of rotatable bonds is 2. The van der Waals surface area contributed by atoms with Gasteiger partial charge in [0.05, 0.1) is 30.0 Å². The lowest BCUT2D eigenvalue weighted by atomic mass is 9.62. The first-order valence-corrected chi connectivity index (χ1v) is 13.0. The average Bonchev–Trinajstić information content (AvgIpc) is 3.11. The highest BCUT2D eigenvalue weighted by atomic mass is 28.4. The third-order valence-corrected chi connectivity index (χ3v) is 13.6. The van der Waals surface area contributed by atoms with Crippen molar-refractivity contribution in [2.75, 3.05) is 6.61 Å². The van der Waals surface area contributed by atoms with Gasteiger partial charge < -0.3 is 19.0 Å². The van der Waals surface area contributed by atoms with Crippen LogP contribution >= 0.6 is 0 Å². The second-order valence-electron chi connectivity index (χ2n) is 11.1. The van der Waals surface area contributed by atoms with Crippen LogP contribution in [0.2, 0.25) is 18.1 Å². The number of carbonyl (C=O) groups excluding carboxylic acids is 1. The van der Waals surface area contributed by atoms with Crippen LogP contribution in [-0.4, -0.2) is 44.0 Å². The van der Waals surface area contributed by atoms with Crippen LogP contribution in [0.5, 0.6) is 0 Å². The summed E-state index contributed by atoms with van der Waals surface area (Å²) in [4.78, 5) is 12.6. The van der Waals surface area contributed by atoms with E-state index in [9.17, 15) is 9.90 Å². The van der Waals surface area contributed by atoms with Gasteiger partial charge in [-0.05, 0) is 25.1 Å². The van der Waals surface area contributed by atoms with Crippen molar-refractivity contribution in [2.24, 2.45) is 16.2 Å². The van der Waals surface area contributed by atoms with E-state index in [0.717, 1.165) is 0 Å². The molecule has 27 heavy (non-hydrogen) atoms. The minimum atomic E-state index is -2.18. The molecule has 0 radical (unpaired) electrons. The number of aliphatic hydroxyl groups is 1. The molecule has 6 atom stereocenters. The molecular formula is C21H34O5Si. The number of hydrogen-bond donors (Lipinski definition) is 1. The Labute approximate surface area is 163 Å². The smallest absolute Gasteiger partial charge is 0.307 e. The molecule has 1 saturated carbocycles. The number of fused-ring (bicyclic) bond motifs is 1. The zero-order valence-corrected chi connectivity index (χ0v) is 18.9. The standard InChI is InChI=1S/C21H34O5Si/c1-13-9-10-21-18(5)12-24-16(23)19(18,6)15(20(13,21)11-14(22)25-21)26-27(7,8)17(2,3)4/h9,15-16,23H,10-12H2,1-8H3/t15-,16?,18+,19-,20-,21-/m0/s1. The van der Waals surface area contributed by atoms with E-state index in [1.54, 1.807) is 0 Å². The topological polar surface area (TPSA) is 65.0 Å². The molecule has 2 heterocycles. The zero-order chi connectivity index (χ0) is 20.3. The molecule has 0 spiro atoms. The lowest BCUT2D eigenvalue weighted by Gasteiger charge is -2.48. The van der Waals surface area contributed by atoms with Crippen molar-refractivity contribution in [3.8, 4) is 0 Å². The summed E-state index contributed by atoms with van der Waals surface area (Å²) < 4.78 is 19.1. The molecule has 4 aliphatic rings. The third kappa shape index (κ3) is 1.85. The molecule has 2 aliphatic carbocycles. The van der Waals surface area contributed by atoms with Crippen molar-refractivity contribution in [3.63, 3.8) is 0 Å². The molecule has 152 valence electrons. The van der Waals surface area contributed by atoms with Gasteiger partial charge >= 0.3 is 5.97 Å². The van der Waals surface area contributed by atoms with E-state index in [4.69, 9.17) is 13.9 Å². The fraction of sp³-hybridized carbons (Fsp3) is 0.857. The molecule has 0 aromatic heterocycles. The monoisotopic (exact) mass is 394 g/mol. The fourth-order valence-electron chi connectivity index (χ4n) is 6.22. The summed E-state index contributed by atoms with van der Waals surface area (Å²) in [6, 6.07) is 0. The number of esters is 1. The highest BCUT2D eigenvalue weighted by Gasteiger charge is 2.88. The molecule has 0 amide bonds. The first-order valence-electron chi connectivity index (χ1n) is 10.1. The maximum atomic E-state index is 12.6. The summed E-state index contributed by atoms with van der Waals surface area (Å²) in [6.45, 7) is 17.8. The summed E-state index contributed by atoms with van der Waals surface area (Å²) >= 11 is 0. The van der Waals surface area contributed by atoms with Gasteiger partial charge in [0.25, 0.3) is 0 Å². The van der Waals surface area contributed by atoms with Gasteiger partial charge in [-0.1, -0.05) is 46.3 Å². The van der Waals surface area contributed by atoms with E-state index in [-0.39, 0.29) is 17.1 Å². The van der Waals surface area contributed by atoms with Gasteiger partial charge in [-0.25, -0.2) is 0 Å². The molecule has 5 nitrogen and oxygen atoms in total. The van der Waals surface area contributed by atoms with E-state index in [0.29, 0.717) is 19.4 Å². The van der Waals surface area contributed by atoms with Gasteiger partial charge in [0, 0.05) is 11.8 Å². The molecule has 4 rings (SSSR count). The predicted molar refractivity (Wildman–Crippen MR) is 104 cm³/mol. The van der Waals surface area contributed by atoms with Crippen LogP contribution in [0.3, 0.4) is 0 Å². The molecular weight excluding hydrogens is 360 g/mol. The molecule has 0 bridgehead atoms. The summed E-state index contributed by atoms with van der Waals surface area (Å²) in [6.07, 6.45) is 1.96. The van der Waals surface area contributed by atoms with Gasteiger partial charge in [0.2, 0.25) is 0 Å². The summed E-state index contributed by atoms with van der Waals surface area (Å²) in [5, 5.41) is 11.0. The molecule has 0 aromatic rings. The van der Waals surface area contributed by atoms with Gasteiger partial charge in [0.1, 0.15) is 5.60 Å². The Bertz CT molecular complexity index is 739. The summed E-state index contributed by atoms with van der Waals surface area (Å²) in [5.41, 5.74) is -1.19. The summed E-state index contributed by atoms with van der Waals surface area (Å²) in [7, 11) is -2.18. The van der Waals surface area contributed by atoms with Crippen LogP contribution in [-0.2, 0) is 18.7 Å². The lowest BCUT2D eigenvalue weighted by molar-refractivity contribution is -0.167. The van der Waals surface area contributed by atoms with Crippen molar-refractivity contribution in [1.29, 1.82) is 0 Å². The first kappa shape index (κ1) is 19.6. The van der Waals surface area contributed by atoms with Crippen molar-refractivity contribution >= 4 is 14.3 Å². The van der Waals surface area contributed by atoms with E-state index in [1.807, 2.05) is 0 Å². The first-order chi connectivity index (χ1) is 12.2. The molecule has 3 fully saturated rings. The van der Waals surface area contributed by atoms with Crippen LogP contribution in [0.15, 0.2) is 11.6 Å². The quantitative estimate of drug-likeness (QED) is 0.439. The number of aliphatic hydroxyl groups excluding tert-OH is 1. The Morgan fingerprint density at radius 3 is 2.52 bits per heavy atom. The number of hydrogen-bond acceptors (Lipinski definition) is 5. The number of carbonyl (C=O) groups is 1. The van der Waals surface area contributed by atoms with E-state index in [1.165, 1.54) is 5.57 Å². The predicted octanol–water partition coefficient (Wildman–Crippen LogP) is 3.77. The van der Waals surface area contributed by atoms with Gasteiger partial charge in [-0.2, -0.15) is 0 Å². The zero-order valence-electron chi connectivity index (χ0n) is 17.9. The molecule has 6 heteroatoms. The summed E-state index contributed by atoms with van der Waals surface area (Å²) in [5.74, 6) is -0.157. The highest BCUT2D eigenvalue weighted by Crippen LogP contribution is 2.79. The van der Waals surface area contributed by atoms with E-state index in [2.05, 4.69) is 60.7 Å².